The smallest absolute Gasteiger partial charge is 0.224 e. The normalized spacial score (nSPS) is 14.6. The SMILES string of the molecule is Cc1cc(Nc2ccc(N3CCCCC3)cc2)nc(NCC(C)C)n1. The van der Waals surface area contributed by atoms with E-state index in [9.17, 15) is 0 Å². The maximum absolute atomic E-state index is 4.57. The summed E-state index contributed by atoms with van der Waals surface area (Å²) in [6.07, 6.45) is 3.95. The summed E-state index contributed by atoms with van der Waals surface area (Å²) < 4.78 is 0. The van der Waals surface area contributed by atoms with Gasteiger partial charge in [0.25, 0.3) is 0 Å². The quantitative estimate of drug-likeness (QED) is 0.806. The first-order valence-corrected chi connectivity index (χ1v) is 9.32. The van der Waals surface area contributed by atoms with Crippen LogP contribution in [0, 0.1) is 12.8 Å². The topological polar surface area (TPSA) is 53.1 Å². The second-order valence-electron chi connectivity index (χ2n) is 7.21. The van der Waals surface area contributed by atoms with Crippen LogP contribution in [0.1, 0.15) is 38.8 Å². The van der Waals surface area contributed by atoms with Gasteiger partial charge in [0.1, 0.15) is 5.82 Å². The molecule has 0 radical (unpaired) electrons. The van der Waals surface area contributed by atoms with Gasteiger partial charge in [-0.05, 0) is 56.4 Å². The molecule has 2 heterocycles. The highest BCUT2D eigenvalue weighted by Gasteiger charge is 2.10. The highest BCUT2D eigenvalue weighted by Crippen LogP contribution is 2.23. The van der Waals surface area contributed by atoms with Crippen molar-refractivity contribution < 1.29 is 0 Å². The fourth-order valence-corrected chi connectivity index (χ4v) is 3.06. The molecule has 1 aromatic carbocycles. The van der Waals surface area contributed by atoms with Gasteiger partial charge in [-0.1, -0.05) is 13.8 Å². The Balaban J connectivity index is 1.67. The first-order valence-electron chi connectivity index (χ1n) is 9.32. The number of hydrogen-bond donors (Lipinski definition) is 2. The van der Waals surface area contributed by atoms with Crippen molar-refractivity contribution in [3.05, 3.63) is 36.0 Å². The Hall–Kier alpha value is -2.30. The molecule has 3 rings (SSSR count). The van der Waals surface area contributed by atoms with Crippen molar-refractivity contribution >= 4 is 23.1 Å². The molecule has 25 heavy (non-hydrogen) atoms. The lowest BCUT2D eigenvalue weighted by Crippen LogP contribution is -2.29. The third kappa shape index (κ3) is 5.08. The van der Waals surface area contributed by atoms with Gasteiger partial charge >= 0.3 is 0 Å². The van der Waals surface area contributed by atoms with E-state index in [0.717, 1.165) is 23.7 Å². The van der Waals surface area contributed by atoms with Gasteiger partial charge < -0.3 is 15.5 Å². The molecule has 0 atom stereocenters. The molecule has 0 bridgehead atoms. The van der Waals surface area contributed by atoms with Gasteiger partial charge in [-0.15, -0.1) is 0 Å². The van der Waals surface area contributed by atoms with Gasteiger partial charge in [-0.3, -0.25) is 0 Å². The van der Waals surface area contributed by atoms with E-state index in [1.165, 1.54) is 38.0 Å². The highest BCUT2D eigenvalue weighted by atomic mass is 15.1. The van der Waals surface area contributed by atoms with Crippen LogP contribution >= 0.6 is 0 Å². The molecular formula is C20H29N5. The zero-order chi connectivity index (χ0) is 17.6. The van der Waals surface area contributed by atoms with E-state index >= 15 is 0 Å². The van der Waals surface area contributed by atoms with E-state index in [-0.39, 0.29) is 0 Å². The summed E-state index contributed by atoms with van der Waals surface area (Å²) in [5.41, 5.74) is 3.31. The van der Waals surface area contributed by atoms with Crippen LogP contribution in [0.4, 0.5) is 23.1 Å². The fraction of sp³-hybridized carbons (Fsp3) is 0.500. The van der Waals surface area contributed by atoms with Crippen LogP contribution < -0.4 is 15.5 Å². The van der Waals surface area contributed by atoms with Crippen molar-refractivity contribution in [3.8, 4) is 0 Å². The minimum absolute atomic E-state index is 0.558. The van der Waals surface area contributed by atoms with Crippen LogP contribution in [0.3, 0.4) is 0 Å². The van der Waals surface area contributed by atoms with Gasteiger partial charge in [0.2, 0.25) is 5.95 Å². The summed E-state index contributed by atoms with van der Waals surface area (Å²) in [6.45, 7) is 9.55. The second-order valence-corrected chi connectivity index (χ2v) is 7.21. The molecular weight excluding hydrogens is 310 g/mol. The fourth-order valence-electron chi connectivity index (χ4n) is 3.06. The third-order valence-corrected chi connectivity index (χ3v) is 4.38. The largest absolute Gasteiger partial charge is 0.372 e. The molecule has 0 saturated carbocycles. The number of aryl methyl sites for hydroxylation is 1. The Bertz CT molecular complexity index is 675. The molecule has 0 amide bonds. The summed E-state index contributed by atoms with van der Waals surface area (Å²) in [7, 11) is 0. The Morgan fingerprint density at radius 1 is 1.04 bits per heavy atom. The molecule has 0 unspecified atom stereocenters. The van der Waals surface area contributed by atoms with Crippen LogP contribution in [0.5, 0.6) is 0 Å². The van der Waals surface area contributed by atoms with Crippen LogP contribution in [0.2, 0.25) is 0 Å². The van der Waals surface area contributed by atoms with Gasteiger partial charge in [0, 0.05) is 42.8 Å². The zero-order valence-corrected chi connectivity index (χ0v) is 15.5. The Morgan fingerprint density at radius 3 is 2.44 bits per heavy atom. The molecule has 1 fully saturated rings. The molecule has 2 aromatic rings. The number of nitrogens with one attached hydrogen (secondary N) is 2. The average molecular weight is 339 g/mol. The van der Waals surface area contributed by atoms with E-state index in [1.54, 1.807) is 0 Å². The number of anilines is 4. The molecule has 1 aromatic heterocycles. The molecule has 0 aliphatic carbocycles. The zero-order valence-electron chi connectivity index (χ0n) is 15.5. The standard InChI is InChI=1S/C20H29N5/c1-15(2)14-21-20-22-16(3)13-19(24-20)23-17-7-9-18(10-8-17)25-11-5-4-6-12-25/h7-10,13,15H,4-6,11-12,14H2,1-3H3,(H2,21,22,23,24). The van der Waals surface area contributed by atoms with Crippen molar-refractivity contribution in [2.75, 3.05) is 35.2 Å². The highest BCUT2D eigenvalue weighted by molar-refractivity contribution is 5.61. The van der Waals surface area contributed by atoms with Crippen LogP contribution in [-0.2, 0) is 0 Å². The molecule has 1 aliphatic rings. The minimum Gasteiger partial charge on any atom is -0.372 e. The van der Waals surface area contributed by atoms with Crippen LogP contribution in [0.15, 0.2) is 30.3 Å². The summed E-state index contributed by atoms with van der Waals surface area (Å²) in [5.74, 6) is 2.06. The van der Waals surface area contributed by atoms with E-state index in [1.807, 2.05) is 13.0 Å². The lowest BCUT2D eigenvalue weighted by atomic mass is 10.1. The molecule has 5 heteroatoms. The second kappa shape index (κ2) is 8.19. The van der Waals surface area contributed by atoms with Crippen LogP contribution in [-0.4, -0.2) is 29.6 Å². The number of benzene rings is 1. The Kier molecular flexibility index (Phi) is 5.74. The van der Waals surface area contributed by atoms with Gasteiger partial charge in [0.15, 0.2) is 0 Å². The van der Waals surface area contributed by atoms with E-state index < -0.39 is 0 Å². The number of piperidine rings is 1. The Labute approximate surface area is 150 Å². The number of aromatic nitrogens is 2. The predicted octanol–water partition coefficient (Wildman–Crippen LogP) is 4.59. The number of nitrogens with zero attached hydrogens (tertiary/aromatic N) is 3. The van der Waals surface area contributed by atoms with E-state index in [2.05, 4.69) is 63.6 Å². The first kappa shape index (κ1) is 17.5. The van der Waals surface area contributed by atoms with Crippen molar-refractivity contribution in [2.45, 2.75) is 40.0 Å². The molecule has 1 aliphatic heterocycles. The van der Waals surface area contributed by atoms with Crippen molar-refractivity contribution in [1.29, 1.82) is 0 Å². The maximum atomic E-state index is 4.57. The summed E-state index contributed by atoms with van der Waals surface area (Å²) in [6, 6.07) is 10.6. The van der Waals surface area contributed by atoms with Gasteiger partial charge in [0.05, 0.1) is 0 Å². The van der Waals surface area contributed by atoms with Crippen LogP contribution in [0.25, 0.3) is 0 Å². The van der Waals surface area contributed by atoms with Crippen molar-refractivity contribution in [3.63, 3.8) is 0 Å². The average Bonchev–Trinajstić information content (AvgIpc) is 2.61. The Morgan fingerprint density at radius 2 is 1.76 bits per heavy atom. The van der Waals surface area contributed by atoms with Crippen molar-refractivity contribution in [2.24, 2.45) is 5.92 Å². The molecule has 5 nitrogen and oxygen atoms in total. The maximum Gasteiger partial charge on any atom is 0.224 e. The lowest BCUT2D eigenvalue weighted by molar-refractivity contribution is 0.578. The molecule has 2 N–H and O–H groups in total. The van der Waals surface area contributed by atoms with E-state index in [0.29, 0.717) is 11.9 Å². The summed E-state index contributed by atoms with van der Waals surface area (Å²) in [5, 5.41) is 6.69. The third-order valence-electron chi connectivity index (χ3n) is 4.38. The summed E-state index contributed by atoms with van der Waals surface area (Å²) in [4.78, 5) is 11.5. The van der Waals surface area contributed by atoms with Gasteiger partial charge in [-0.2, -0.15) is 4.98 Å². The molecule has 134 valence electrons. The lowest BCUT2D eigenvalue weighted by Gasteiger charge is -2.28. The molecule has 1 saturated heterocycles. The first-order chi connectivity index (χ1) is 12.1. The van der Waals surface area contributed by atoms with Crippen molar-refractivity contribution in [1.82, 2.24) is 9.97 Å². The summed E-state index contributed by atoms with van der Waals surface area (Å²) >= 11 is 0. The monoisotopic (exact) mass is 339 g/mol. The van der Waals surface area contributed by atoms with Gasteiger partial charge in [-0.25, -0.2) is 4.98 Å². The predicted molar refractivity (Wildman–Crippen MR) is 106 cm³/mol. The minimum atomic E-state index is 0.558. The van der Waals surface area contributed by atoms with E-state index in [4.69, 9.17) is 0 Å². The molecule has 0 spiro atoms. The number of rotatable bonds is 6. The number of hydrogen-bond acceptors (Lipinski definition) is 5.